The highest BCUT2D eigenvalue weighted by molar-refractivity contribution is 4.79. The zero-order valence-corrected chi connectivity index (χ0v) is 10.6. The molecule has 1 aliphatic rings. The first kappa shape index (κ1) is 13.9. The quantitative estimate of drug-likeness (QED) is 0.626. The van der Waals surface area contributed by atoms with Gasteiger partial charge in [-0.15, -0.1) is 0 Å². The van der Waals surface area contributed by atoms with E-state index in [0.717, 1.165) is 45.4 Å². The third-order valence-corrected chi connectivity index (χ3v) is 3.24. The van der Waals surface area contributed by atoms with Gasteiger partial charge < -0.3 is 15.2 Å². The lowest BCUT2D eigenvalue weighted by molar-refractivity contribution is 0.0867. The van der Waals surface area contributed by atoms with Crippen molar-refractivity contribution in [3.05, 3.63) is 0 Å². The van der Waals surface area contributed by atoms with Crippen molar-refractivity contribution in [3.63, 3.8) is 0 Å². The van der Waals surface area contributed by atoms with Gasteiger partial charge in [0.2, 0.25) is 0 Å². The van der Waals surface area contributed by atoms with E-state index in [0.29, 0.717) is 6.04 Å². The molecule has 96 valence electrons. The summed E-state index contributed by atoms with van der Waals surface area (Å²) in [6.45, 7) is 4.88. The van der Waals surface area contributed by atoms with E-state index in [9.17, 15) is 5.11 Å². The summed E-state index contributed by atoms with van der Waals surface area (Å²) < 4.78 is 5.49. The number of ether oxygens (including phenoxy) is 1. The van der Waals surface area contributed by atoms with Gasteiger partial charge in [0.1, 0.15) is 0 Å². The van der Waals surface area contributed by atoms with E-state index in [1.165, 1.54) is 19.3 Å². The molecule has 0 bridgehead atoms. The minimum atomic E-state index is -0.130. The largest absolute Gasteiger partial charge is 0.392 e. The number of aliphatic hydroxyl groups is 1. The number of hydrogen-bond donors (Lipinski definition) is 2. The topological polar surface area (TPSA) is 41.5 Å². The third-order valence-electron chi connectivity index (χ3n) is 3.24. The van der Waals surface area contributed by atoms with Crippen molar-refractivity contribution in [2.75, 3.05) is 19.8 Å². The minimum absolute atomic E-state index is 0.130. The maximum absolute atomic E-state index is 9.75. The Labute approximate surface area is 99.6 Å². The van der Waals surface area contributed by atoms with Gasteiger partial charge in [-0.2, -0.15) is 0 Å². The molecule has 0 radical (unpaired) electrons. The zero-order chi connectivity index (χ0) is 11.6. The van der Waals surface area contributed by atoms with Crippen LogP contribution in [0.2, 0.25) is 0 Å². The van der Waals surface area contributed by atoms with Crippen molar-refractivity contribution in [2.45, 2.75) is 64.0 Å². The van der Waals surface area contributed by atoms with Crippen LogP contribution in [0.4, 0.5) is 0 Å². The second kappa shape index (κ2) is 8.97. The van der Waals surface area contributed by atoms with E-state index in [2.05, 4.69) is 12.2 Å². The Balaban J connectivity index is 1.90. The highest BCUT2D eigenvalue weighted by atomic mass is 16.5. The summed E-state index contributed by atoms with van der Waals surface area (Å²) in [6.07, 6.45) is 7.80. The van der Waals surface area contributed by atoms with Crippen LogP contribution in [-0.2, 0) is 4.74 Å². The van der Waals surface area contributed by atoms with Gasteiger partial charge in [0.15, 0.2) is 0 Å². The summed E-state index contributed by atoms with van der Waals surface area (Å²) in [4.78, 5) is 0. The second-order valence-corrected chi connectivity index (χ2v) is 4.73. The van der Waals surface area contributed by atoms with Crippen LogP contribution < -0.4 is 5.32 Å². The van der Waals surface area contributed by atoms with Gasteiger partial charge in [-0.25, -0.2) is 0 Å². The first-order valence-corrected chi connectivity index (χ1v) is 6.83. The molecule has 2 N–H and O–H groups in total. The second-order valence-electron chi connectivity index (χ2n) is 4.73. The smallest absolute Gasteiger partial charge is 0.0693 e. The molecule has 1 rings (SSSR count). The fraction of sp³-hybridized carbons (Fsp3) is 1.00. The molecule has 0 spiro atoms. The van der Waals surface area contributed by atoms with Crippen LogP contribution in [0.5, 0.6) is 0 Å². The van der Waals surface area contributed by atoms with Crippen LogP contribution in [0, 0.1) is 0 Å². The Morgan fingerprint density at radius 3 is 2.69 bits per heavy atom. The number of nitrogens with one attached hydrogen (secondary N) is 1. The SMILES string of the molecule is CCCCOCCCN[C@H]1CCCC[C@@H]1O. The molecule has 0 aromatic rings. The summed E-state index contributed by atoms with van der Waals surface area (Å²) >= 11 is 0. The Bertz CT molecular complexity index is 164. The zero-order valence-electron chi connectivity index (χ0n) is 10.6. The summed E-state index contributed by atoms with van der Waals surface area (Å²) in [5, 5.41) is 13.2. The van der Waals surface area contributed by atoms with Gasteiger partial charge in [-0.3, -0.25) is 0 Å². The predicted octanol–water partition coefficient (Wildman–Crippen LogP) is 2.09. The molecule has 0 unspecified atom stereocenters. The van der Waals surface area contributed by atoms with Crippen LogP contribution in [0.3, 0.4) is 0 Å². The van der Waals surface area contributed by atoms with E-state index in [1.54, 1.807) is 0 Å². The van der Waals surface area contributed by atoms with Crippen LogP contribution in [0.1, 0.15) is 51.9 Å². The Morgan fingerprint density at radius 2 is 1.94 bits per heavy atom. The lowest BCUT2D eigenvalue weighted by atomic mass is 9.92. The van der Waals surface area contributed by atoms with Crippen molar-refractivity contribution < 1.29 is 9.84 Å². The summed E-state index contributed by atoms with van der Waals surface area (Å²) in [5.41, 5.74) is 0. The Hall–Kier alpha value is -0.120. The van der Waals surface area contributed by atoms with Crippen LogP contribution in [0.15, 0.2) is 0 Å². The first-order chi connectivity index (χ1) is 7.84. The average Bonchev–Trinajstić information content (AvgIpc) is 2.30. The molecule has 3 nitrogen and oxygen atoms in total. The molecule has 0 saturated heterocycles. The van der Waals surface area contributed by atoms with Crippen LogP contribution in [0.25, 0.3) is 0 Å². The maximum atomic E-state index is 9.75. The Kier molecular flexibility index (Phi) is 7.81. The van der Waals surface area contributed by atoms with Gasteiger partial charge >= 0.3 is 0 Å². The average molecular weight is 229 g/mol. The van der Waals surface area contributed by atoms with Crippen molar-refractivity contribution in [1.82, 2.24) is 5.32 Å². The van der Waals surface area contributed by atoms with E-state index in [4.69, 9.17) is 4.74 Å². The van der Waals surface area contributed by atoms with E-state index in [-0.39, 0.29) is 6.10 Å². The fourth-order valence-corrected chi connectivity index (χ4v) is 2.16. The molecule has 0 aromatic carbocycles. The van der Waals surface area contributed by atoms with Crippen molar-refractivity contribution >= 4 is 0 Å². The maximum Gasteiger partial charge on any atom is 0.0693 e. The molecular formula is C13H27NO2. The van der Waals surface area contributed by atoms with Gasteiger partial charge in [0.05, 0.1) is 6.10 Å². The molecule has 0 amide bonds. The molecule has 1 aliphatic carbocycles. The van der Waals surface area contributed by atoms with E-state index >= 15 is 0 Å². The number of aliphatic hydroxyl groups excluding tert-OH is 1. The summed E-state index contributed by atoms with van der Waals surface area (Å²) in [6, 6.07) is 0.324. The highest BCUT2D eigenvalue weighted by Crippen LogP contribution is 2.18. The molecular weight excluding hydrogens is 202 g/mol. The standard InChI is InChI=1S/C13H27NO2/c1-2-3-10-16-11-6-9-14-12-7-4-5-8-13(12)15/h12-15H,2-11H2,1H3/t12-,13-/m0/s1. The minimum Gasteiger partial charge on any atom is -0.392 e. The predicted molar refractivity (Wildman–Crippen MR) is 66.6 cm³/mol. The lowest BCUT2D eigenvalue weighted by Gasteiger charge is -2.28. The molecule has 0 aliphatic heterocycles. The number of rotatable bonds is 8. The highest BCUT2D eigenvalue weighted by Gasteiger charge is 2.21. The fourth-order valence-electron chi connectivity index (χ4n) is 2.16. The van der Waals surface area contributed by atoms with Crippen molar-refractivity contribution in [1.29, 1.82) is 0 Å². The van der Waals surface area contributed by atoms with E-state index < -0.39 is 0 Å². The van der Waals surface area contributed by atoms with Gasteiger partial charge in [-0.1, -0.05) is 26.2 Å². The van der Waals surface area contributed by atoms with Gasteiger partial charge in [0.25, 0.3) is 0 Å². The number of hydrogen-bond acceptors (Lipinski definition) is 3. The number of unbranched alkanes of at least 4 members (excludes halogenated alkanes) is 1. The van der Waals surface area contributed by atoms with E-state index in [1.807, 2.05) is 0 Å². The van der Waals surface area contributed by atoms with Crippen LogP contribution >= 0.6 is 0 Å². The third kappa shape index (κ3) is 5.83. The van der Waals surface area contributed by atoms with Crippen molar-refractivity contribution in [3.8, 4) is 0 Å². The molecule has 1 fully saturated rings. The van der Waals surface area contributed by atoms with Gasteiger partial charge in [-0.05, 0) is 32.2 Å². The van der Waals surface area contributed by atoms with Crippen molar-refractivity contribution in [2.24, 2.45) is 0 Å². The lowest BCUT2D eigenvalue weighted by Crippen LogP contribution is -2.42. The molecule has 3 heteroatoms. The summed E-state index contributed by atoms with van der Waals surface area (Å²) in [7, 11) is 0. The van der Waals surface area contributed by atoms with Gasteiger partial charge in [0, 0.05) is 19.3 Å². The molecule has 0 aromatic heterocycles. The molecule has 2 atom stereocenters. The summed E-state index contributed by atoms with van der Waals surface area (Å²) in [5.74, 6) is 0. The normalized spacial score (nSPS) is 25.9. The molecule has 16 heavy (non-hydrogen) atoms. The molecule has 1 saturated carbocycles. The monoisotopic (exact) mass is 229 g/mol. The van der Waals surface area contributed by atoms with Crippen LogP contribution in [-0.4, -0.2) is 37.0 Å². The Morgan fingerprint density at radius 1 is 1.19 bits per heavy atom. The molecule has 0 heterocycles. The first-order valence-electron chi connectivity index (χ1n) is 6.83.